The number of aryl methyl sites for hydroxylation is 1. The van der Waals surface area contributed by atoms with Gasteiger partial charge in [0.1, 0.15) is 0 Å². The van der Waals surface area contributed by atoms with Gasteiger partial charge in [-0.05, 0) is 24.6 Å². The molecule has 18 heavy (non-hydrogen) atoms. The highest BCUT2D eigenvalue weighted by Gasteiger charge is 2.13. The first-order chi connectivity index (χ1) is 8.83. The first-order valence-electron chi connectivity index (χ1n) is 6.39. The standard InChI is InChI=1S/C14H19N3S/c1-3-11-5-6-12(17-8-11)7-13(16-4-2)14-9-15-10-18-14/h5-6,8-10,13,16H,3-4,7H2,1-2H3. The molecule has 0 aliphatic carbocycles. The molecule has 1 atom stereocenters. The molecule has 1 N–H and O–H groups in total. The third kappa shape index (κ3) is 3.37. The summed E-state index contributed by atoms with van der Waals surface area (Å²) in [6, 6.07) is 4.62. The molecule has 96 valence electrons. The van der Waals surface area contributed by atoms with Crippen LogP contribution in [-0.4, -0.2) is 16.5 Å². The maximum Gasteiger partial charge on any atom is 0.0794 e. The fraction of sp³-hybridized carbons (Fsp3) is 0.429. The second kappa shape index (κ2) is 6.61. The molecule has 3 nitrogen and oxygen atoms in total. The lowest BCUT2D eigenvalue weighted by atomic mass is 10.1. The molecule has 0 amide bonds. The van der Waals surface area contributed by atoms with Gasteiger partial charge in [-0.3, -0.25) is 9.97 Å². The molecular weight excluding hydrogens is 242 g/mol. The van der Waals surface area contributed by atoms with Crippen molar-refractivity contribution in [2.75, 3.05) is 6.54 Å². The van der Waals surface area contributed by atoms with Gasteiger partial charge in [-0.1, -0.05) is 19.9 Å². The number of rotatable bonds is 6. The van der Waals surface area contributed by atoms with Crippen LogP contribution in [0.1, 0.15) is 36.0 Å². The summed E-state index contributed by atoms with van der Waals surface area (Å²) in [7, 11) is 0. The predicted molar refractivity (Wildman–Crippen MR) is 75.9 cm³/mol. The zero-order valence-corrected chi connectivity index (χ0v) is 11.7. The number of nitrogens with one attached hydrogen (secondary N) is 1. The average Bonchev–Trinajstić information content (AvgIpc) is 2.93. The maximum absolute atomic E-state index is 4.53. The molecule has 0 aliphatic rings. The van der Waals surface area contributed by atoms with Crippen molar-refractivity contribution in [1.29, 1.82) is 0 Å². The first-order valence-corrected chi connectivity index (χ1v) is 7.27. The zero-order valence-electron chi connectivity index (χ0n) is 10.9. The van der Waals surface area contributed by atoms with Crippen molar-refractivity contribution in [3.63, 3.8) is 0 Å². The topological polar surface area (TPSA) is 37.8 Å². The maximum atomic E-state index is 4.53. The van der Waals surface area contributed by atoms with E-state index < -0.39 is 0 Å². The van der Waals surface area contributed by atoms with Crippen molar-refractivity contribution in [2.45, 2.75) is 32.7 Å². The first kappa shape index (κ1) is 13.2. The molecule has 0 aromatic carbocycles. The Morgan fingerprint density at radius 1 is 1.28 bits per heavy atom. The Bertz CT molecular complexity index is 450. The third-order valence-electron chi connectivity index (χ3n) is 2.95. The molecule has 0 spiro atoms. The largest absolute Gasteiger partial charge is 0.309 e. The highest BCUT2D eigenvalue weighted by atomic mass is 32.1. The van der Waals surface area contributed by atoms with Gasteiger partial charge in [0.15, 0.2) is 0 Å². The van der Waals surface area contributed by atoms with E-state index in [1.807, 2.05) is 17.9 Å². The van der Waals surface area contributed by atoms with Crippen LogP contribution in [0.3, 0.4) is 0 Å². The van der Waals surface area contributed by atoms with E-state index in [4.69, 9.17) is 0 Å². The summed E-state index contributed by atoms with van der Waals surface area (Å²) in [4.78, 5) is 9.95. The minimum absolute atomic E-state index is 0.322. The minimum Gasteiger partial charge on any atom is -0.309 e. The fourth-order valence-corrected chi connectivity index (χ4v) is 2.61. The Balaban J connectivity index is 2.08. The summed E-state index contributed by atoms with van der Waals surface area (Å²) >= 11 is 1.70. The van der Waals surface area contributed by atoms with Crippen LogP contribution < -0.4 is 5.32 Å². The second-order valence-electron chi connectivity index (χ2n) is 4.23. The number of hydrogen-bond donors (Lipinski definition) is 1. The summed E-state index contributed by atoms with van der Waals surface area (Å²) in [5.41, 5.74) is 4.30. The Morgan fingerprint density at radius 2 is 2.17 bits per heavy atom. The number of hydrogen-bond acceptors (Lipinski definition) is 4. The van der Waals surface area contributed by atoms with E-state index in [0.717, 1.165) is 25.1 Å². The van der Waals surface area contributed by atoms with Crippen LogP contribution in [0.25, 0.3) is 0 Å². The molecule has 2 aromatic rings. The van der Waals surface area contributed by atoms with Crippen molar-refractivity contribution in [2.24, 2.45) is 0 Å². The van der Waals surface area contributed by atoms with Gasteiger partial charge in [0.05, 0.1) is 5.51 Å². The third-order valence-corrected chi connectivity index (χ3v) is 3.84. The Morgan fingerprint density at radius 3 is 2.72 bits per heavy atom. The highest BCUT2D eigenvalue weighted by Crippen LogP contribution is 2.20. The lowest BCUT2D eigenvalue weighted by Gasteiger charge is -2.15. The van der Waals surface area contributed by atoms with Crippen LogP contribution in [0.5, 0.6) is 0 Å². The van der Waals surface area contributed by atoms with E-state index in [1.165, 1.54) is 10.4 Å². The number of pyridine rings is 1. The van der Waals surface area contributed by atoms with Crippen molar-refractivity contribution in [3.05, 3.63) is 46.2 Å². The van der Waals surface area contributed by atoms with Crippen LogP contribution in [0.15, 0.2) is 30.0 Å². The Labute approximate surface area is 112 Å². The van der Waals surface area contributed by atoms with Crippen LogP contribution in [-0.2, 0) is 12.8 Å². The number of likely N-dealkylation sites (N-methyl/N-ethyl adjacent to an activating group) is 1. The monoisotopic (exact) mass is 261 g/mol. The lowest BCUT2D eigenvalue weighted by Crippen LogP contribution is -2.22. The van der Waals surface area contributed by atoms with Crippen molar-refractivity contribution in [3.8, 4) is 0 Å². The van der Waals surface area contributed by atoms with Crippen LogP contribution in [0.4, 0.5) is 0 Å². The molecule has 0 saturated heterocycles. The van der Waals surface area contributed by atoms with Gasteiger partial charge >= 0.3 is 0 Å². The quantitative estimate of drug-likeness (QED) is 0.868. The predicted octanol–water partition coefficient (Wildman–Crippen LogP) is 2.99. The normalized spacial score (nSPS) is 12.6. The molecule has 0 aliphatic heterocycles. The van der Waals surface area contributed by atoms with Crippen molar-refractivity contribution >= 4 is 11.3 Å². The van der Waals surface area contributed by atoms with Crippen LogP contribution >= 0.6 is 11.3 Å². The van der Waals surface area contributed by atoms with Gasteiger partial charge in [0.25, 0.3) is 0 Å². The zero-order chi connectivity index (χ0) is 12.8. The van der Waals surface area contributed by atoms with E-state index in [9.17, 15) is 0 Å². The van der Waals surface area contributed by atoms with Crippen molar-refractivity contribution < 1.29 is 0 Å². The van der Waals surface area contributed by atoms with Gasteiger partial charge in [-0.25, -0.2) is 0 Å². The van der Waals surface area contributed by atoms with Crippen molar-refractivity contribution in [1.82, 2.24) is 15.3 Å². The Hall–Kier alpha value is -1.26. The average molecular weight is 261 g/mol. The summed E-state index contributed by atoms with van der Waals surface area (Å²) in [6.07, 6.45) is 5.88. The van der Waals surface area contributed by atoms with E-state index in [-0.39, 0.29) is 0 Å². The van der Waals surface area contributed by atoms with Crippen LogP contribution in [0, 0.1) is 0 Å². The molecule has 2 rings (SSSR count). The SMILES string of the molecule is CCNC(Cc1ccc(CC)cn1)c1cncs1. The summed E-state index contributed by atoms with van der Waals surface area (Å²) in [5.74, 6) is 0. The molecule has 0 bridgehead atoms. The Kier molecular flexibility index (Phi) is 4.84. The molecule has 1 unspecified atom stereocenters. The van der Waals surface area contributed by atoms with Gasteiger partial charge in [-0.2, -0.15) is 0 Å². The van der Waals surface area contributed by atoms with E-state index in [0.29, 0.717) is 6.04 Å². The van der Waals surface area contributed by atoms with E-state index >= 15 is 0 Å². The summed E-state index contributed by atoms with van der Waals surface area (Å²) in [5, 5.41) is 3.49. The molecule has 0 radical (unpaired) electrons. The molecule has 0 saturated carbocycles. The number of thiazole rings is 1. The van der Waals surface area contributed by atoms with Gasteiger partial charge in [0, 0.05) is 35.4 Å². The molecule has 2 heterocycles. The van der Waals surface area contributed by atoms with Gasteiger partial charge in [-0.15, -0.1) is 11.3 Å². The summed E-state index contributed by atoms with van der Waals surface area (Å²) in [6.45, 7) is 5.23. The van der Waals surface area contributed by atoms with E-state index in [2.05, 4.69) is 41.3 Å². The molecular formula is C14H19N3S. The van der Waals surface area contributed by atoms with E-state index in [1.54, 1.807) is 11.3 Å². The van der Waals surface area contributed by atoms with Gasteiger partial charge < -0.3 is 5.32 Å². The lowest BCUT2D eigenvalue weighted by molar-refractivity contribution is 0.551. The van der Waals surface area contributed by atoms with Gasteiger partial charge in [0.2, 0.25) is 0 Å². The number of aromatic nitrogens is 2. The molecule has 4 heteroatoms. The minimum atomic E-state index is 0.322. The second-order valence-corrected chi connectivity index (χ2v) is 5.15. The molecule has 0 fully saturated rings. The highest BCUT2D eigenvalue weighted by molar-refractivity contribution is 7.09. The number of nitrogens with zero attached hydrogens (tertiary/aromatic N) is 2. The van der Waals surface area contributed by atoms with Crippen LogP contribution in [0.2, 0.25) is 0 Å². The molecule has 2 aromatic heterocycles. The fourth-order valence-electron chi connectivity index (χ4n) is 1.91. The smallest absolute Gasteiger partial charge is 0.0794 e. The summed E-state index contributed by atoms with van der Waals surface area (Å²) < 4.78 is 0.